The molecule has 1 aromatic rings. The SMILES string of the molecule is CC(=O)NC(CC(=O)OCC(=O)NN1C(=O)NC2(CCC(C)CC2)C1=O)c1ccc(C)cc1. The number of amides is 5. The Morgan fingerprint density at radius 1 is 1.18 bits per heavy atom. The molecule has 0 bridgehead atoms. The minimum Gasteiger partial charge on any atom is -0.455 e. The molecular weight excluding hydrogens is 428 g/mol. The molecule has 1 saturated heterocycles. The second-order valence-corrected chi connectivity index (χ2v) is 8.90. The topological polar surface area (TPSA) is 134 Å². The van der Waals surface area contributed by atoms with Gasteiger partial charge >= 0.3 is 12.0 Å². The maximum absolute atomic E-state index is 12.8. The van der Waals surface area contributed by atoms with E-state index in [1.807, 2.05) is 19.1 Å². The fraction of sp³-hybridized carbons (Fsp3) is 0.522. The average Bonchev–Trinajstić information content (AvgIpc) is 2.98. The summed E-state index contributed by atoms with van der Waals surface area (Å²) in [5.74, 6) is -1.84. The predicted octanol–water partition coefficient (Wildman–Crippen LogP) is 1.64. The molecule has 2 aliphatic rings. The lowest BCUT2D eigenvalue weighted by Gasteiger charge is -2.33. The number of imide groups is 1. The third kappa shape index (κ3) is 5.88. The Kier molecular flexibility index (Phi) is 7.35. The van der Waals surface area contributed by atoms with Crippen LogP contribution in [0.25, 0.3) is 0 Å². The Balaban J connectivity index is 1.52. The fourth-order valence-corrected chi connectivity index (χ4v) is 4.14. The first-order valence-corrected chi connectivity index (χ1v) is 11.0. The molecule has 0 radical (unpaired) electrons. The smallest absolute Gasteiger partial charge is 0.344 e. The zero-order chi connectivity index (χ0) is 24.2. The molecule has 5 amide bonds. The van der Waals surface area contributed by atoms with E-state index >= 15 is 0 Å². The number of rotatable bonds is 7. The number of aryl methyl sites for hydroxylation is 1. The van der Waals surface area contributed by atoms with Gasteiger partial charge in [0.05, 0.1) is 12.5 Å². The van der Waals surface area contributed by atoms with E-state index in [9.17, 15) is 24.0 Å². The molecule has 1 atom stereocenters. The van der Waals surface area contributed by atoms with E-state index in [0.29, 0.717) is 23.8 Å². The van der Waals surface area contributed by atoms with Gasteiger partial charge in [-0.05, 0) is 44.1 Å². The number of esters is 1. The van der Waals surface area contributed by atoms with E-state index in [2.05, 4.69) is 23.0 Å². The molecule has 0 aromatic heterocycles. The normalized spacial score (nSPS) is 23.1. The quantitative estimate of drug-likeness (QED) is 0.420. The molecule has 33 heavy (non-hydrogen) atoms. The highest BCUT2D eigenvalue weighted by Crippen LogP contribution is 2.35. The second kappa shape index (κ2) is 10.0. The van der Waals surface area contributed by atoms with Gasteiger partial charge in [-0.2, -0.15) is 5.01 Å². The Morgan fingerprint density at radius 2 is 1.82 bits per heavy atom. The van der Waals surface area contributed by atoms with Gasteiger partial charge in [-0.3, -0.25) is 24.6 Å². The van der Waals surface area contributed by atoms with Gasteiger partial charge in [0, 0.05) is 6.92 Å². The van der Waals surface area contributed by atoms with Crippen LogP contribution in [0, 0.1) is 12.8 Å². The molecule has 1 spiro atoms. The van der Waals surface area contributed by atoms with Gasteiger partial charge in [-0.25, -0.2) is 4.79 Å². The van der Waals surface area contributed by atoms with Crippen molar-refractivity contribution in [3.05, 3.63) is 35.4 Å². The van der Waals surface area contributed by atoms with Crippen molar-refractivity contribution in [2.24, 2.45) is 5.92 Å². The molecule has 10 heteroatoms. The fourth-order valence-electron chi connectivity index (χ4n) is 4.14. The van der Waals surface area contributed by atoms with Crippen LogP contribution < -0.4 is 16.1 Å². The van der Waals surface area contributed by atoms with Crippen LogP contribution in [0.4, 0.5) is 4.79 Å². The van der Waals surface area contributed by atoms with Crippen LogP contribution in [-0.2, 0) is 23.9 Å². The summed E-state index contributed by atoms with van der Waals surface area (Å²) in [7, 11) is 0. The number of hydrogen-bond acceptors (Lipinski definition) is 6. The molecule has 1 aromatic carbocycles. The van der Waals surface area contributed by atoms with Gasteiger partial charge in [-0.1, -0.05) is 36.8 Å². The van der Waals surface area contributed by atoms with Gasteiger partial charge in [0.1, 0.15) is 5.54 Å². The molecule has 3 rings (SSSR count). The van der Waals surface area contributed by atoms with Crippen LogP contribution in [0.3, 0.4) is 0 Å². The number of nitrogens with zero attached hydrogens (tertiary/aromatic N) is 1. The summed E-state index contributed by atoms with van der Waals surface area (Å²) in [6.45, 7) is 4.70. The van der Waals surface area contributed by atoms with E-state index < -0.39 is 42.0 Å². The molecule has 1 aliphatic heterocycles. The van der Waals surface area contributed by atoms with E-state index in [1.54, 1.807) is 12.1 Å². The Labute approximate surface area is 192 Å². The van der Waals surface area contributed by atoms with Gasteiger partial charge in [0.15, 0.2) is 6.61 Å². The number of carbonyl (C=O) groups excluding carboxylic acids is 5. The van der Waals surface area contributed by atoms with Crippen LogP contribution in [0.5, 0.6) is 0 Å². The first kappa shape index (κ1) is 24.2. The highest BCUT2D eigenvalue weighted by atomic mass is 16.5. The highest BCUT2D eigenvalue weighted by Gasteiger charge is 2.52. The van der Waals surface area contributed by atoms with Crippen molar-refractivity contribution in [1.82, 2.24) is 21.1 Å². The number of hydrogen-bond donors (Lipinski definition) is 3. The van der Waals surface area contributed by atoms with Crippen molar-refractivity contribution in [2.75, 3.05) is 6.61 Å². The van der Waals surface area contributed by atoms with Crippen molar-refractivity contribution in [3.63, 3.8) is 0 Å². The summed E-state index contributed by atoms with van der Waals surface area (Å²) in [6, 6.07) is 6.02. The van der Waals surface area contributed by atoms with Crippen LogP contribution in [0.1, 0.15) is 63.1 Å². The first-order chi connectivity index (χ1) is 15.6. The maximum atomic E-state index is 12.8. The number of ether oxygens (including phenoxy) is 1. The molecule has 10 nitrogen and oxygen atoms in total. The molecule has 3 N–H and O–H groups in total. The number of hydrazine groups is 1. The molecule has 178 valence electrons. The molecule has 2 fully saturated rings. The summed E-state index contributed by atoms with van der Waals surface area (Å²) >= 11 is 0. The third-order valence-electron chi connectivity index (χ3n) is 6.12. The third-order valence-corrected chi connectivity index (χ3v) is 6.12. The summed E-state index contributed by atoms with van der Waals surface area (Å²) in [5.41, 5.74) is 3.00. The van der Waals surface area contributed by atoms with Gasteiger partial charge < -0.3 is 15.4 Å². The van der Waals surface area contributed by atoms with Crippen molar-refractivity contribution in [3.8, 4) is 0 Å². The van der Waals surface area contributed by atoms with Crippen molar-refractivity contribution < 1.29 is 28.7 Å². The Bertz CT molecular complexity index is 937. The van der Waals surface area contributed by atoms with Crippen LogP contribution >= 0.6 is 0 Å². The lowest BCUT2D eigenvalue weighted by molar-refractivity contribution is -0.151. The van der Waals surface area contributed by atoms with E-state index in [1.165, 1.54) is 6.92 Å². The van der Waals surface area contributed by atoms with Crippen molar-refractivity contribution >= 4 is 29.7 Å². The summed E-state index contributed by atoms with van der Waals surface area (Å²) in [6.07, 6.45) is 2.47. The zero-order valence-electron chi connectivity index (χ0n) is 19.1. The molecule has 1 aliphatic carbocycles. The van der Waals surface area contributed by atoms with E-state index in [0.717, 1.165) is 24.0 Å². The largest absolute Gasteiger partial charge is 0.455 e. The van der Waals surface area contributed by atoms with Crippen LogP contribution in [0.15, 0.2) is 24.3 Å². The number of carbonyl (C=O) groups is 5. The lowest BCUT2D eigenvalue weighted by Crippen LogP contribution is -2.52. The van der Waals surface area contributed by atoms with Crippen LogP contribution in [0.2, 0.25) is 0 Å². The number of nitrogens with one attached hydrogen (secondary N) is 3. The van der Waals surface area contributed by atoms with E-state index in [4.69, 9.17) is 4.74 Å². The molecular formula is C23H30N4O6. The zero-order valence-corrected chi connectivity index (χ0v) is 19.1. The molecule has 1 saturated carbocycles. The van der Waals surface area contributed by atoms with Crippen LogP contribution in [-0.4, -0.2) is 46.9 Å². The second-order valence-electron chi connectivity index (χ2n) is 8.90. The number of urea groups is 1. The highest BCUT2D eigenvalue weighted by molar-refractivity contribution is 6.08. The summed E-state index contributed by atoms with van der Waals surface area (Å²) in [5, 5.41) is 6.06. The lowest BCUT2D eigenvalue weighted by atomic mass is 9.77. The van der Waals surface area contributed by atoms with Gasteiger partial charge in [-0.15, -0.1) is 0 Å². The van der Waals surface area contributed by atoms with Crippen molar-refractivity contribution in [2.45, 2.75) is 64.5 Å². The molecule has 1 heterocycles. The summed E-state index contributed by atoms with van der Waals surface area (Å²) < 4.78 is 5.02. The van der Waals surface area contributed by atoms with Gasteiger partial charge in [0.2, 0.25) is 5.91 Å². The minimum absolute atomic E-state index is 0.180. The average molecular weight is 459 g/mol. The molecule has 1 unspecified atom stereocenters. The Hall–Kier alpha value is -3.43. The Morgan fingerprint density at radius 3 is 2.42 bits per heavy atom. The standard InChI is InChI=1S/C23H30N4O6/c1-14-4-6-17(7-5-14)18(24-16(3)28)12-20(30)33-13-19(29)26-27-21(31)23(25-22(27)32)10-8-15(2)9-11-23/h4-7,15,18H,8-13H2,1-3H3,(H,24,28)(H,25,32)(H,26,29). The predicted molar refractivity (Wildman–Crippen MR) is 117 cm³/mol. The minimum atomic E-state index is -0.979. The maximum Gasteiger partial charge on any atom is 0.344 e. The monoisotopic (exact) mass is 458 g/mol. The van der Waals surface area contributed by atoms with Gasteiger partial charge in [0.25, 0.3) is 11.8 Å². The number of benzene rings is 1. The van der Waals surface area contributed by atoms with Crippen molar-refractivity contribution in [1.29, 1.82) is 0 Å². The summed E-state index contributed by atoms with van der Waals surface area (Å²) in [4.78, 5) is 61.2. The first-order valence-electron chi connectivity index (χ1n) is 11.0. The van der Waals surface area contributed by atoms with E-state index in [-0.39, 0.29) is 12.3 Å².